The molecule has 1 saturated heterocycles. The second-order valence-electron chi connectivity index (χ2n) is 5.97. The van der Waals surface area contributed by atoms with Crippen LogP contribution in [0.4, 0.5) is 0 Å². The standard InChI is InChI=1S/C14H28N2O2/c1-12(16-8-5-6-9-16)11-14(2,3)15-13(17)7-10-18-4/h12H,5-11H2,1-4H3,(H,15,17). The Hall–Kier alpha value is -0.610. The van der Waals surface area contributed by atoms with Crippen LogP contribution in [-0.4, -0.2) is 49.2 Å². The molecule has 0 bridgehead atoms. The number of hydrogen-bond donors (Lipinski definition) is 1. The number of carbonyl (C=O) groups excluding carboxylic acids is 1. The number of hydrogen-bond acceptors (Lipinski definition) is 3. The van der Waals surface area contributed by atoms with Crippen molar-refractivity contribution in [3.05, 3.63) is 0 Å². The van der Waals surface area contributed by atoms with Gasteiger partial charge in [-0.25, -0.2) is 0 Å². The Morgan fingerprint density at radius 2 is 2.00 bits per heavy atom. The van der Waals surface area contributed by atoms with Gasteiger partial charge in [0.1, 0.15) is 0 Å². The first-order valence-electron chi connectivity index (χ1n) is 6.98. The lowest BCUT2D eigenvalue weighted by molar-refractivity contribution is -0.123. The van der Waals surface area contributed by atoms with Crippen LogP contribution in [0.1, 0.15) is 46.5 Å². The predicted molar refractivity (Wildman–Crippen MR) is 73.6 cm³/mol. The van der Waals surface area contributed by atoms with E-state index >= 15 is 0 Å². The first-order chi connectivity index (χ1) is 8.44. The summed E-state index contributed by atoms with van der Waals surface area (Å²) in [5.41, 5.74) is -0.146. The maximum Gasteiger partial charge on any atom is 0.222 e. The molecule has 0 spiro atoms. The molecule has 1 N–H and O–H groups in total. The first kappa shape index (κ1) is 15.4. The summed E-state index contributed by atoms with van der Waals surface area (Å²) in [7, 11) is 1.62. The molecule has 0 aromatic rings. The third-order valence-electron chi connectivity index (χ3n) is 3.58. The molecule has 1 unspecified atom stereocenters. The quantitative estimate of drug-likeness (QED) is 0.755. The second kappa shape index (κ2) is 7.10. The number of likely N-dealkylation sites (tertiary alicyclic amines) is 1. The van der Waals surface area contributed by atoms with E-state index < -0.39 is 0 Å². The maximum atomic E-state index is 11.7. The third-order valence-corrected chi connectivity index (χ3v) is 3.58. The van der Waals surface area contributed by atoms with Crippen molar-refractivity contribution in [2.45, 2.75) is 58.0 Å². The molecule has 1 aliphatic heterocycles. The molecular weight excluding hydrogens is 228 g/mol. The van der Waals surface area contributed by atoms with Crippen LogP contribution in [-0.2, 0) is 9.53 Å². The topological polar surface area (TPSA) is 41.6 Å². The Kier molecular flexibility index (Phi) is 6.09. The van der Waals surface area contributed by atoms with Crippen molar-refractivity contribution < 1.29 is 9.53 Å². The van der Waals surface area contributed by atoms with E-state index in [0.29, 0.717) is 19.1 Å². The van der Waals surface area contributed by atoms with Crippen LogP contribution in [0.5, 0.6) is 0 Å². The van der Waals surface area contributed by atoms with Gasteiger partial charge in [0.25, 0.3) is 0 Å². The zero-order chi connectivity index (χ0) is 13.6. The molecule has 0 aromatic carbocycles. The van der Waals surface area contributed by atoms with E-state index in [1.54, 1.807) is 7.11 Å². The highest BCUT2D eigenvalue weighted by molar-refractivity contribution is 5.76. The van der Waals surface area contributed by atoms with Crippen molar-refractivity contribution >= 4 is 5.91 Å². The van der Waals surface area contributed by atoms with Gasteiger partial charge in [0.05, 0.1) is 6.61 Å². The molecule has 0 radical (unpaired) electrons. The molecule has 4 nitrogen and oxygen atoms in total. The summed E-state index contributed by atoms with van der Waals surface area (Å²) in [6.45, 7) is 9.36. The number of amides is 1. The first-order valence-corrected chi connectivity index (χ1v) is 6.98. The van der Waals surface area contributed by atoms with Crippen LogP contribution in [0.2, 0.25) is 0 Å². The molecule has 0 saturated carbocycles. The molecule has 1 atom stereocenters. The number of nitrogens with zero attached hydrogens (tertiary/aromatic N) is 1. The number of carbonyl (C=O) groups is 1. The van der Waals surface area contributed by atoms with Crippen LogP contribution in [0, 0.1) is 0 Å². The van der Waals surface area contributed by atoms with Crippen molar-refractivity contribution in [2.75, 3.05) is 26.8 Å². The van der Waals surface area contributed by atoms with Crippen LogP contribution in [0.3, 0.4) is 0 Å². The molecule has 1 amide bonds. The average molecular weight is 256 g/mol. The molecule has 0 aromatic heterocycles. The summed E-state index contributed by atoms with van der Waals surface area (Å²) < 4.78 is 4.92. The fourth-order valence-corrected chi connectivity index (χ4v) is 2.74. The summed E-state index contributed by atoms with van der Waals surface area (Å²) >= 11 is 0. The smallest absolute Gasteiger partial charge is 0.222 e. The Morgan fingerprint density at radius 1 is 1.39 bits per heavy atom. The van der Waals surface area contributed by atoms with E-state index in [0.717, 1.165) is 6.42 Å². The molecule has 4 heteroatoms. The Morgan fingerprint density at radius 3 is 2.56 bits per heavy atom. The van der Waals surface area contributed by atoms with E-state index in [9.17, 15) is 4.79 Å². The molecule has 106 valence electrons. The molecule has 1 fully saturated rings. The fourth-order valence-electron chi connectivity index (χ4n) is 2.74. The van der Waals surface area contributed by atoms with Crippen molar-refractivity contribution in [2.24, 2.45) is 0 Å². The van der Waals surface area contributed by atoms with Gasteiger partial charge in [-0.1, -0.05) is 0 Å². The Labute approximate surface area is 111 Å². The lowest BCUT2D eigenvalue weighted by Crippen LogP contribution is -2.48. The SMILES string of the molecule is COCCC(=O)NC(C)(C)CC(C)N1CCCC1. The van der Waals surface area contributed by atoms with Gasteiger partial charge in [0.15, 0.2) is 0 Å². The number of methoxy groups -OCH3 is 1. The van der Waals surface area contributed by atoms with E-state index in [2.05, 4.69) is 31.0 Å². The van der Waals surface area contributed by atoms with Crippen molar-refractivity contribution in [1.29, 1.82) is 0 Å². The summed E-state index contributed by atoms with van der Waals surface area (Å²) in [6, 6.07) is 0.533. The minimum Gasteiger partial charge on any atom is -0.384 e. The summed E-state index contributed by atoms with van der Waals surface area (Å²) in [5.74, 6) is 0.0791. The highest BCUT2D eigenvalue weighted by atomic mass is 16.5. The normalized spacial score (nSPS) is 18.9. The van der Waals surface area contributed by atoms with E-state index in [1.807, 2.05) is 0 Å². The fraction of sp³-hybridized carbons (Fsp3) is 0.929. The molecule has 1 rings (SSSR count). The van der Waals surface area contributed by atoms with Crippen LogP contribution in [0.15, 0.2) is 0 Å². The van der Waals surface area contributed by atoms with Crippen molar-refractivity contribution in [1.82, 2.24) is 10.2 Å². The zero-order valence-corrected chi connectivity index (χ0v) is 12.3. The van der Waals surface area contributed by atoms with Gasteiger partial charge in [0.2, 0.25) is 5.91 Å². The van der Waals surface area contributed by atoms with E-state index in [4.69, 9.17) is 4.74 Å². The highest BCUT2D eigenvalue weighted by Gasteiger charge is 2.27. The molecule has 1 heterocycles. The Balaban J connectivity index is 2.35. The van der Waals surface area contributed by atoms with Crippen molar-refractivity contribution in [3.63, 3.8) is 0 Å². The summed E-state index contributed by atoms with van der Waals surface area (Å²) in [4.78, 5) is 14.2. The van der Waals surface area contributed by atoms with Gasteiger partial charge in [-0.15, -0.1) is 0 Å². The number of rotatable bonds is 7. The number of nitrogens with one attached hydrogen (secondary N) is 1. The van der Waals surface area contributed by atoms with Gasteiger partial charge >= 0.3 is 0 Å². The van der Waals surface area contributed by atoms with Crippen LogP contribution >= 0.6 is 0 Å². The lowest BCUT2D eigenvalue weighted by Gasteiger charge is -2.33. The second-order valence-corrected chi connectivity index (χ2v) is 5.97. The van der Waals surface area contributed by atoms with Crippen LogP contribution < -0.4 is 5.32 Å². The van der Waals surface area contributed by atoms with E-state index in [1.165, 1.54) is 25.9 Å². The minimum absolute atomic E-state index is 0.0791. The molecule has 18 heavy (non-hydrogen) atoms. The lowest BCUT2D eigenvalue weighted by atomic mass is 9.95. The monoisotopic (exact) mass is 256 g/mol. The average Bonchev–Trinajstić information content (AvgIpc) is 2.78. The van der Waals surface area contributed by atoms with Gasteiger partial charge in [0, 0.05) is 25.1 Å². The van der Waals surface area contributed by atoms with Gasteiger partial charge in [-0.05, 0) is 53.1 Å². The summed E-state index contributed by atoms with van der Waals surface area (Å²) in [5, 5.41) is 3.10. The molecule has 1 aliphatic rings. The maximum absolute atomic E-state index is 11.7. The summed E-state index contributed by atoms with van der Waals surface area (Å²) in [6.07, 6.45) is 4.06. The van der Waals surface area contributed by atoms with Gasteiger partial charge in [-0.2, -0.15) is 0 Å². The molecule has 0 aliphatic carbocycles. The van der Waals surface area contributed by atoms with Gasteiger partial charge in [-0.3, -0.25) is 4.79 Å². The Bertz CT molecular complexity index is 261. The number of ether oxygens (including phenoxy) is 1. The minimum atomic E-state index is -0.146. The van der Waals surface area contributed by atoms with Gasteiger partial charge < -0.3 is 15.0 Å². The van der Waals surface area contributed by atoms with E-state index in [-0.39, 0.29) is 11.4 Å². The third kappa shape index (κ3) is 5.36. The largest absolute Gasteiger partial charge is 0.384 e. The van der Waals surface area contributed by atoms with Crippen molar-refractivity contribution in [3.8, 4) is 0 Å². The zero-order valence-electron chi connectivity index (χ0n) is 12.3. The highest BCUT2D eigenvalue weighted by Crippen LogP contribution is 2.19. The van der Waals surface area contributed by atoms with Crippen LogP contribution in [0.25, 0.3) is 0 Å². The molecular formula is C14H28N2O2. The predicted octanol–water partition coefficient (Wildman–Crippen LogP) is 1.79.